The molecular weight excluding hydrogens is 307 g/mol. The molecule has 0 fully saturated rings. The maximum Gasteiger partial charge on any atom is 0.328 e. The Bertz CT molecular complexity index is 898. The number of fused-ring (bicyclic) bond motifs is 1. The number of carboxylic acids is 1. The molecule has 24 heavy (non-hydrogen) atoms. The highest BCUT2D eigenvalue weighted by Crippen LogP contribution is 2.30. The van der Waals surface area contributed by atoms with Crippen LogP contribution in [0.2, 0.25) is 0 Å². The normalized spacial score (nSPS) is 11.0. The van der Waals surface area contributed by atoms with Crippen molar-refractivity contribution in [3.63, 3.8) is 0 Å². The van der Waals surface area contributed by atoms with Crippen LogP contribution in [0.4, 0.5) is 4.39 Å². The Morgan fingerprint density at radius 2 is 1.79 bits per heavy atom. The highest BCUT2D eigenvalue weighted by atomic mass is 19.1. The van der Waals surface area contributed by atoms with E-state index in [2.05, 4.69) is 0 Å². The summed E-state index contributed by atoms with van der Waals surface area (Å²) in [5.41, 5.74) is 1.54. The minimum Gasteiger partial charge on any atom is -0.488 e. The third kappa shape index (κ3) is 3.60. The average Bonchev–Trinajstić information content (AvgIpc) is 2.59. The predicted octanol–water partition coefficient (Wildman–Crippen LogP) is 4.66. The van der Waals surface area contributed by atoms with E-state index in [9.17, 15) is 9.18 Å². The van der Waals surface area contributed by atoms with E-state index in [1.54, 1.807) is 12.1 Å². The molecule has 0 aromatic heterocycles. The number of carbonyl (C=O) groups is 1. The Balaban J connectivity index is 1.95. The zero-order valence-corrected chi connectivity index (χ0v) is 12.8. The van der Waals surface area contributed by atoms with Crippen molar-refractivity contribution in [3.8, 4) is 5.75 Å². The van der Waals surface area contributed by atoms with E-state index >= 15 is 0 Å². The first-order valence-corrected chi connectivity index (χ1v) is 7.43. The lowest BCUT2D eigenvalue weighted by Crippen LogP contribution is -1.98. The first-order chi connectivity index (χ1) is 11.6. The van der Waals surface area contributed by atoms with Gasteiger partial charge in [0, 0.05) is 11.6 Å². The van der Waals surface area contributed by atoms with E-state index in [0.717, 1.165) is 22.4 Å². The van der Waals surface area contributed by atoms with E-state index < -0.39 is 5.97 Å². The van der Waals surface area contributed by atoms with Gasteiger partial charge in [0.1, 0.15) is 18.2 Å². The summed E-state index contributed by atoms with van der Waals surface area (Å²) in [4.78, 5) is 10.9. The Kier molecular flexibility index (Phi) is 4.57. The van der Waals surface area contributed by atoms with E-state index in [1.165, 1.54) is 18.2 Å². The van der Waals surface area contributed by atoms with Crippen molar-refractivity contribution in [2.24, 2.45) is 0 Å². The van der Waals surface area contributed by atoms with E-state index in [-0.39, 0.29) is 12.4 Å². The van der Waals surface area contributed by atoms with Gasteiger partial charge in [0.2, 0.25) is 0 Å². The van der Waals surface area contributed by atoms with Gasteiger partial charge in [-0.3, -0.25) is 0 Å². The number of aliphatic carboxylic acids is 1. The summed E-state index contributed by atoms with van der Waals surface area (Å²) in [5, 5.41) is 10.8. The molecule has 0 bridgehead atoms. The van der Waals surface area contributed by atoms with Crippen LogP contribution in [0.15, 0.2) is 66.7 Å². The molecule has 3 rings (SSSR count). The highest BCUT2D eigenvalue weighted by Gasteiger charge is 2.07. The van der Waals surface area contributed by atoms with E-state index in [4.69, 9.17) is 9.84 Å². The molecule has 3 nitrogen and oxygen atoms in total. The summed E-state index contributed by atoms with van der Waals surface area (Å²) >= 11 is 0. The third-order valence-corrected chi connectivity index (χ3v) is 3.63. The smallest absolute Gasteiger partial charge is 0.328 e. The van der Waals surface area contributed by atoms with Crippen LogP contribution < -0.4 is 4.74 Å². The number of ether oxygens (including phenoxy) is 1. The van der Waals surface area contributed by atoms with Gasteiger partial charge >= 0.3 is 5.97 Å². The van der Waals surface area contributed by atoms with Gasteiger partial charge in [-0.2, -0.15) is 0 Å². The second kappa shape index (κ2) is 6.96. The van der Waals surface area contributed by atoms with Crippen molar-refractivity contribution in [3.05, 3.63) is 83.7 Å². The molecule has 0 saturated carbocycles. The minimum atomic E-state index is -1.02. The molecule has 3 aromatic carbocycles. The molecule has 0 saturated heterocycles. The first kappa shape index (κ1) is 15.7. The third-order valence-electron chi connectivity index (χ3n) is 3.63. The van der Waals surface area contributed by atoms with Crippen molar-refractivity contribution in [2.75, 3.05) is 0 Å². The number of carboxylic acid groups (broad SMARTS) is 1. The summed E-state index contributed by atoms with van der Waals surface area (Å²) < 4.78 is 18.8. The predicted molar refractivity (Wildman–Crippen MR) is 91.3 cm³/mol. The average molecular weight is 322 g/mol. The fourth-order valence-electron chi connectivity index (χ4n) is 2.47. The van der Waals surface area contributed by atoms with Gasteiger partial charge in [0.05, 0.1) is 0 Å². The molecule has 0 aliphatic carbocycles. The Morgan fingerprint density at radius 3 is 2.54 bits per heavy atom. The molecule has 0 heterocycles. The Hall–Kier alpha value is -3.14. The van der Waals surface area contributed by atoms with Gasteiger partial charge in [-0.15, -0.1) is 0 Å². The molecule has 3 aromatic rings. The summed E-state index contributed by atoms with van der Waals surface area (Å²) in [7, 11) is 0. The van der Waals surface area contributed by atoms with Crippen molar-refractivity contribution >= 4 is 22.8 Å². The minimum absolute atomic E-state index is 0.270. The molecule has 0 radical (unpaired) electrons. The molecule has 120 valence electrons. The van der Waals surface area contributed by atoms with Gasteiger partial charge in [-0.1, -0.05) is 42.5 Å². The summed E-state index contributed by atoms with van der Waals surface area (Å²) in [6.45, 7) is 0.270. The van der Waals surface area contributed by atoms with Crippen LogP contribution in [0, 0.1) is 5.82 Å². The lowest BCUT2D eigenvalue weighted by Gasteiger charge is -2.12. The monoisotopic (exact) mass is 322 g/mol. The van der Waals surface area contributed by atoms with E-state index in [0.29, 0.717) is 11.3 Å². The molecule has 0 amide bonds. The zero-order valence-electron chi connectivity index (χ0n) is 12.8. The molecule has 0 aliphatic rings. The van der Waals surface area contributed by atoms with Gasteiger partial charge in [-0.05, 0) is 40.6 Å². The highest BCUT2D eigenvalue weighted by molar-refractivity contribution is 5.96. The largest absolute Gasteiger partial charge is 0.488 e. The van der Waals surface area contributed by atoms with Crippen LogP contribution in [0.1, 0.15) is 11.1 Å². The maximum atomic E-state index is 13.0. The number of halogens is 1. The lowest BCUT2D eigenvalue weighted by atomic mass is 10.0. The Morgan fingerprint density at radius 1 is 1.04 bits per heavy atom. The van der Waals surface area contributed by atoms with Gasteiger partial charge in [0.15, 0.2) is 0 Å². The van der Waals surface area contributed by atoms with Crippen LogP contribution in [-0.4, -0.2) is 11.1 Å². The summed E-state index contributed by atoms with van der Waals surface area (Å²) in [6.07, 6.45) is 2.62. The molecule has 1 N–H and O–H groups in total. The van der Waals surface area contributed by atoms with Crippen molar-refractivity contribution < 1.29 is 19.0 Å². The van der Waals surface area contributed by atoms with Gasteiger partial charge in [-0.25, -0.2) is 9.18 Å². The second-order valence-electron chi connectivity index (χ2n) is 5.29. The van der Waals surface area contributed by atoms with Crippen molar-refractivity contribution in [2.45, 2.75) is 6.61 Å². The molecule has 0 atom stereocenters. The molecule has 0 spiro atoms. The zero-order chi connectivity index (χ0) is 16.9. The molecule has 0 unspecified atom stereocenters. The lowest BCUT2D eigenvalue weighted by molar-refractivity contribution is -0.131. The Labute approximate surface area is 138 Å². The number of hydrogen-bond acceptors (Lipinski definition) is 2. The summed E-state index contributed by atoms with van der Waals surface area (Å²) in [5.74, 6) is -0.738. The molecule has 4 heteroatoms. The fourth-order valence-corrected chi connectivity index (χ4v) is 2.47. The van der Waals surface area contributed by atoms with Crippen LogP contribution >= 0.6 is 0 Å². The molecular formula is C20H15FO3. The quantitative estimate of drug-likeness (QED) is 0.695. The topological polar surface area (TPSA) is 46.5 Å². The van der Waals surface area contributed by atoms with E-state index in [1.807, 2.05) is 36.4 Å². The van der Waals surface area contributed by atoms with Crippen LogP contribution in [0.3, 0.4) is 0 Å². The van der Waals surface area contributed by atoms with Crippen molar-refractivity contribution in [1.29, 1.82) is 0 Å². The number of hydrogen-bond donors (Lipinski definition) is 1. The standard InChI is InChI=1S/C20H15FO3/c21-16-8-5-14(6-9-16)13-24-19-11-7-15-3-1-2-4-17(15)18(19)10-12-20(22)23/h1-12H,13H2,(H,22,23). The second-order valence-corrected chi connectivity index (χ2v) is 5.29. The van der Waals surface area contributed by atoms with Gasteiger partial charge in [0.25, 0.3) is 0 Å². The van der Waals surface area contributed by atoms with Crippen molar-refractivity contribution in [1.82, 2.24) is 0 Å². The number of benzene rings is 3. The van der Waals surface area contributed by atoms with Gasteiger partial charge < -0.3 is 9.84 Å². The molecule has 0 aliphatic heterocycles. The van der Waals surface area contributed by atoms with Crippen LogP contribution in [-0.2, 0) is 11.4 Å². The summed E-state index contributed by atoms with van der Waals surface area (Å²) in [6, 6.07) is 17.5. The number of rotatable bonds is 5. The first-order valence-electron chi connectivity index (χ1n) is 7.43. The maximum absolute atomic E-state index is 13.0. The fraction of sp³-hybridized carbons (Fsp3) is 0.0500. The van der Waals surface area contributed by atoms with Crippen LogP contribution in [0.5, 0.6) is 5.75 Å². The van der Waals surface area contributed by atoms with Crippen LogP contribution in [0.25, 0.3) is 16.8 Å². The SMILES string of the molecule is O=C(O)C=Cc1c(OCc2ccc(F)cc2)ccc2ccccc12.